The fourth-order valence-corrected chi connectivity index (χ4v) is 11.6. The van der Waals surface area contributed by atoms with E-state index >= 15 is 0 Å². The molecule has 0 radical (unpaired) electrons. The quantitative estimate of drug-likeness (QED) is 0.168. The molecular weight excluding hydrogens is 657 g/mol. The summed E-state index contributed by atoms with van der Waals surface area (Å²) in [7, 11) is 0. The molecule has 1 heterocycles. The molecular formula is C52H42S. The van der Waals surface area contributed by atoms with Gasteiger partial charge in [0.2, 0.25) is 0 Å². The highest BCUT2D eigenvalue weighted by molar-refractivity contribution is 7.20. The van der Waals surface area contributed by atoms with Crippen LogP contribution >= 0.6 is 11.3 Å². The van der Waals surface area contributed by atoms with Crippen molar-refractivity contribution in [2.24, 2.45) is 17.8 Å². The molecule has 4 aliphatic carbocycles. The van der Waals surface area contributed by atoms with E-state index in [4.69, 9.17) is 0 Å². The summed E-state index contributed by atoms with van der Waals surface area (Å²) in [4.78, 5) is 1.45. The number of benzene rings is 6. The molecule has 1 heteroatoms. The Morgan fingerprint density at radius 3 is 2.19 bits per heavy atom. The molecule has 0 amide bonds. The summed E-state index contributed by atoms with van der Waals surface area (Å²) in [5.41, 5.74) is 18.3. The second-order valence-corrected chi connectivity index (χ2v) is 16.9. The second kappa shape index (κ2) is 12.4. The van der Waals surface area contributed by atoms with Crippen LogP contribution in [0.15, 0.2) is 133 Å². The van der Waals surface area contributed by atoms with Gasteiger partial charge in [-0.3, -0.25) is 0 Å². The third kappa shape index (κ3) is 5.01. The van der Waals surface area contributed by atoms with Crippen molar-refractivity contribution in [1.29, 1.82) is 0 Å². The smallest absolute Gasteiger partial charge is 0.0358 e. The lowest BCUT2D eigenvalue weighted by Crippen LogP contribution is -2.13. The van der Waals surface area contributed by atoms with Crippen molar-refractivity contribution >= 4 is 55.5 Å². The summed E-state index contributed by atoms with van der Waals surface area (Å²) >= 11 is 1.97. The Morgan fingerprint density at radius 1 is 0.623 bits per heavy atom. The van der Waals surface area contributed by atoms with Crippen molar-refractivity contribution in [2.45, 2.75) is 45.4 Å². The van der Waals surface area contributed by atoms with Gasteiger partial charge < -0.3 is 0 Å². The van der Waals surface area contributed by atoms with Gasteiger partial charge in [0, 0.05) is 15.0 Å². The molecule has 1 fully saturated rings. The zero-order chi connectivity index (χ0) is 35.0. The van der Waals surface area contributed by atoms with E-state index in [2.05, 4.69) is 153 Å². The first kappa shape index (κ1) is 31.3. The first-order chi connectivity index (χ1) is 26.2. The fraction of sp³-hybridized carbons (Fsp3) is 0.192. The van der Waals surface area contributed by atoms with Crippen LogP contribution in [0.3, 0.4) is 0 Å². The number of fused-ring (bicyclic) bond motifs is 7. The maximum Gasteiger partial charge on any atom is 0.0358 e. The molecule has 53 heavy (non-hydrogen) atoms. The van der Waals surface area contributed by atoms with Crippen LogP contribution in [0.4, 0.5) is 0 Å². The average molecular weight is 699 g/mol. The Hall–Kier alpha value is -5.24. The van der Waals surface area contributed by atoms with Crippen LogP contribution in [-0.2, 0) is 12.8 Å². The molecule has 4 aliphatic rings. The van der Waals surface area contributed by atoms with Gasteiger partial charge in [-0.2, -0.15) is 0 Å². The number of aryl methyl sites for hydroxylation is 1. The van der Waals surface area contributed by atoms with Gasteiger partial charge in [0.05, 0.1) is 0 Å². The molecule has 2 bridgehead atoms. The van der Waals surface area contributed by atoms with E-state index in [1.807, 2.05) is 11.3 Å². The Balaban J connectivity index is 1.22. The Morgan fingerprint density at radius 2 is 1.36 bits per heavy atom. The zero-order valence-corrected chi connectivity index (χ0v) is 31.1. The van der Waals surface area contributed by atoms with Crippen LogP contribution in [0.2, 0.25) is 0 Å². The molecule has 6 aromatic carbocycles. The summed E-state index contributed by atoms with van der Waals surface area (Å²) in [5, 5.41) is 4.17. The van der Waals surface area contributed by atoms with Gasteiger partial charge in [0.15, 0.2) is 0 Å². The minimum atomic E-state index is 0.366. The fourth-order valence-electron chi connectivity index (χ4n) is 10.4. The molecule has 0 N–H and O–H groups in total. The van der Waals surface area contributed by atoms with Gasteiger partial charge in [-0.25, -0.2) is 0 Å². The maximum absolute atomic E-state index is 2.63. The molecule has 1 saturated carbocycles. The molecule has 7 aromatic rings. The number of thiophene rings is 1. The van der Waals surface area contributed by atoms with Gasteiger partial charge in [-0.1, -0.05) is 128 Å². The van der Waals surface area contributed by atoms with E-state index in [0.29, 0.717) is 5.92 Å². The molecule has 0 spiro atoms. The lowest BCUT2D eigenvalue weighted by atomic mass is 9.73. The molecule has 256 valence electrons. The topological polar surface area (TPSA) is 0 Å². The lowest BCUT2D eigenvalue weighted by molar-refractivity contribution is 0.695. The molecule has 3 unspecified atom stereocenters. The minimum absolute atomic E-state index is 0.366. The summed E-state index contributed by atoms with van der Waals surface area (Å²) in [6.45, 7) is 2.47. The normalized spacial score (nSPS) is 20.1. The predicted octanol–water partition coefficient (Wildman–Crippen LogP) is 14.6. The summed E-state index contributed by atoms with van der Waals surface area (Å²) < 4.78 is 1.42. The van der Waals surface area contributed by atoms with Gasteiger partial charge >= 0.3 is 0 Å². The van der Waals surface area contributed by atoms with Crippen molar-refractivity contribution in [1.82, 2.24) is 0 Å². The summed E-state index contributed by atoms with van der Waals surface area (Å²) in [6.07, 6.45) is 17.2. The predicted molar refractivity (Wildman–Crippen MR) is 229 cm³/mol. The monoisotopic (exact) mass is 698 g/mol. The van der Waals surface area contributed by atoms with Crippen molar-refractivity contribution in [3.8, 4) is 33.4 Å². The summed E-state index contributed by atoms with van der Waals surface area (Å²) in [6, 6.07) is 46.0. The lowest BCUT2D eigenvalue weighted by Gasteiger charge is -2.30. The molecule has 0 aliphatic heterocycles. The van der Waals surface area contributed by atoms with Gasteiger partial charge in [-0.05, 0) is 164 Å². The molecule has 0 saturated heterocycles. The van der Waals surface area contributed by atoms with Crippen LogP contribution in [0, 0.1) is 17.8 Å². The van der Waals surface area contributed by atoms with Gasteiger partial charge in [-0.15, -0.1) is 11.3 Å². The molecule has 11 rings (SSSR count). The SMILES string of the molecule is CC1Cc2c(c(-c3cccc(C4=CC5CCC4C5)c3)c3ccccc3c2-c2ccccc2-c2ccccc2)C=C1c1cccc2sc3c(c12)CCC=C3. The highest BCUT2D eigenvalue weighted by atomic mass is 32.1. The maximum atomic E-state index is 2.63. The standard InChI is InChI=1S/C52H42S/c1-32-27-46-47(31-44(32)42-22-12-24-49-52(42)43-21-9-10-23-48(43)53-49)50(37-16-11-15-35(30-37)45-29-33-25-26-36(45)28-33)40-19-7-8-20-41(40)51(46)39-18-6-5-17-38(39)34-13-3-2-4-14-34/h2-8,10-20,22-24,29-33,36H,9,21,25-28H2,1H3. The first-order valence-corrected chi connectivity index (χ1v) is 20.5. The van der Waals surface area contributed by atoms with Crippen molar-refractivity contribution in [2.75, 3.05) is 0 Å². The number of allylic oxidation sites excluding steroid dienone is 4. The van der Waals surface area contributed by atoms with Crippen LogP contribution in [0.25, 0.3) is 77.5 Å². The molecule has 3 atom stereocenters. The highest BCUT2D eigenvalue weighted by Crippen LogP contribution is 2.52. The van der Waals surface area contributed by atoms with Crippen LogP contribution in [0.1, 0.15) is 65.3 Å². The Bertz CT molecular complexity index is 2700. The molecule has 1 aromatic heterocycles. The first-order valence-electron chi connectivity index (χ1n) is 19.7. The van der Waals surface area contributed by atoms with E-state index in [0.717, 1.165) is 31.1 Å². The second-order valence-electron chi connectivity index (χ2n) is 15.8. The van der Waals surface area contributed by atoms with Gasteiger partial charge in [0.1, 0.15) is 0 Å². The third-order valence-electron chi connectivity index (χ3n) is 12.8. The van der Waals surface area contributed by atoms with Crippen molar-refractivity contribution in [3.05, 3.63) is 166 Å². The summed E-state index contributed by atoms with van der Waals surface area (Å²) in [5.74, 6) is 1.85. The zero-order valence-electron chi connectivity index (χ0n) is 30.2. The van der Waals surface area contributed by atoms with E-state index in [-0.39, 0.29) is 0 Å². The molecule has 0 nitrogen and oxygen atoms in total. The largest absolute Gasteiger partial charge is 0.136 e. The number of hydrogen-bond donors (Lipinski definition) is 0. The Kier molecular flexibility index (Phi) is 7.34. The highest BCUT2D eigenvalue weighted by Gasteiger charge is 2.34. The van der Waals surface area contributed by atoms with Gasteiger partial charge in [0.25, 0.3) is 0 Å². The van der Waals surface area contributed by atoms with Crippen molar-refractivity contribution in [3.63, 3.8) is 0 Å². The van der Waals surface area contributed by atoms with Crippen LogP contribution < -0.4 is 0 Å². The van der Waals surface area contributed by atoms with Crippen molar-refractivity contribution < 1.29 is 0 Å². The number of hydrogen-bond acceptors (Lipinski definition) is 1. The van der Waals surface area contributed by atoms with Crippen LogP contribution in [0.5, 0.6) is 0 Å². The van der Waals surface area contributed by atoms with Crippen LogP contribution in [-0.4, -0.2) is 0 Å². The average Bonchev–Trinajstić information content (AvgIpc) is 3.96. The van der Waals surface area contributed by atoms with E-state index in [1.54, 1.807) is 11.1 Å². The van der Waals surface area contributed by atoms with E-state index in [9.17, 15) is 0 Å². The van der Waals surface area contributed by atoms with E-state index in [1.165, 1.54) is 106 Å². The third-order valence-corrected chi connectivity index (χ3v) is 13.9. The van der Waals surface area contributed by atoms with E-state index < -0.39 is 0 Å². The minimum Gasteiger partial charge on any atom is -0.136 e. The number of rotatable bonds is 5. The Labute approximate surface area is 316 Å².